The summed E-state index contributed by atoms with van der Waals surface area (Å²) in [5.74, 6) is -1.45. The number of aryl methyl sites for hydroxylation is 4. The maximum atomic E-state index is 12.0. The first-order chi connectivity index (χ1) is 39.0. The van der Waals surface area contributed by atoms with Gasteiger partial charge in [0.2, 0.25) is 5.88 Å². The Morgan fingerprint density at radius 2 is 1.07 bits per heavy atom. The summed E-state index contributed by atoms with van der Waals surface area (Å²) < 4.78 is 138. The molecule has 0 fully saturated rings. The second-order valence-electron chi connectivity index (χ2n) is 18.6. The minimum atomic E-state index is -4.65. The van der Waals surface area contributed by atoms with Crippen LogP contribution in [0.15, 0.2) is 128 Å². The van der Waals surface area contributed by atoms with Crippen molar-refractivity contribution in [2.24, 2.45) is 40.9 Å². The molecule has 0 aliphatic heterocycles. The fourth-order valence-corrected chi connectivity index (χ4v) is 12.5. The largest absolute Gasteiger partial charge is 0.493 e. The van der Waals surface area contributed by atoms with Crippen LogP contribution in [0.1, 0.15) is 59.1 Å². The van der Waals surface area contributed by atoms with Crippen LogP contribution in [0.4, 0.5) is 45.5 Å². The predicted molar refractivity (Wildman–Crippen MR) is 315 cm³/mol. The lowest BCUT2D eigenvalue weighted by atomic mass is 10.1. The molecule has 0 atom stereocenters. The van der Waals surface area contributed by atoms with Crippen LogP contribution >= 0.6 is 35.1 Å². The number of pyridine rings is 1. The first-order valence-corrected chi connectivity index (χ1v) is 33.3. The van der Waals surface area contributed by atoms with E-state index < -0.39 is 68.5 Å². The number of ether oxygens (including phenoxy) is 1. The van der Waals surface area contributed by atoms with E-state index >= 15 is 0 Å². The number of nitriles is 1. The van der Waals surface area contributed by atoms with E-state index in [9.17, 15) is 62.3 Å². The number of aromatic hydroxyl groups is 1. The fraction of sp³-hybridized carbons (Fsp3) is 0.294. The summed E-state index contributed by atoms with van der Waals surface area (Å²) in [4.78, 5) is 5.03. The van der Waals surface area contributed by atoms with E-state index in [2.05, 4.69) is 52.0 Å². The Morgan fingerprint density at radius 1 is 0.590 bits per heavy atom. The highest BCUT2D eigenvalue weighted by molar-refractivity contribution is 7.99. The summed E-state index contributed by atoms with van der Waals surface area (Å²) in [7, 11) is -17.4. The molecule has 2 aromatic heterocycles. The Kier molecular flexibility index (Phi) is 20.6. The molecule has 0 unspecified atom stereocenters. The van der Waals surface area contributed by atoms with Gasteiger partial charge in [-0.05, 0) is 161 Å². The number of rotatable bonds is 25. The lowest BCUT2D eigenvalue weighted by Crippen LogP contribution is -2.06. The van der Waals surface area contributed by atoms with Crippen LogP contribution in [0.25, 0.3) is 16.7 Å². The van der Waals surface area contributed by atoms with Crippen LogP contribution in [-0.2, 0) is 40.5 Å². The number of thioether (sulfide) groups is 2. The fourth-order valence-electron chi connectivity index (χ4n) is 7.96. The number of benzene rings is 5. The molecule has 2 heterocycles. The third kappa shape index (κ3) is 17.4. The van der Waals surface area contributed by atoms with Crippen LogP contribution in [0, 0.1) is 45.9 Å². The van der Waals surface area contributed by atoms with Crippen molar-refractivity contribution in [3.05, 3.63) is 111 Å². The number of aromatic nitrogens is 2. The average Bonchev–Trinajstić information content (AvgIpc) is 2.14. The Bertz CT molecular complexity index is 4310. The van der Waals surface area contributed by atoms with Gasteiger partial charge < -0.3 is 9.84 Å². The number of fused-ring (bicyclic) bond motifs is 3. The Morgan fingerprint density at radius 3 is 1.59 bits per heavy atom. The van der Waals surface area contributed by atoms with Gasteiger partial charge in [0, 0.05) is 26.4 Å². The topological polar surface area (TPSA) is 387 Å². The molecular formula is C51H52ClN11O14S6. The van der Waals surface area contributed by atoms with Crippen LogP contribution in [-0.4, -0.2) is 102 Å². The second kappa shape index (κ2) is 26.8. The molecule has 0 radical (unpaired) electrons. The predicted octanol–water partition coefficient (Wildman–Crippen LogP) is 14.0. The minimum absolute atomic E-state index is 0.0214. The highest BCUT2D eigenvalue weighted by Gasteiger charge is 2.24. The normalized spacial score (nSPS) is 12.8. The zero-order chi connectivity index (χ0) is 60.6. The summed E-state index contributed by atoms with van der Waals surface area (Å²) in [5, 5.41) is 58.4. The SMILES string of the molecule is Cc1cc(N=Nc2cc(SCCCS(=O)(=O)O)c(N=Nc3cc(OCCCCS(=O)(=O)O)c(N=Nc4c(C)c(C#N)c5nc6cc(S(=O)(=O)O)cc(C)c6n5c4O)cc3C)cc2C)c(SCCCS(=O)(=O)O)cc1N=Nc1ccc(Cl)cc1. The maximum Gasteiger partial charge on any atom is 0.294 e. The zero-order valence-electron chi connectivity index (χ0n) is 44.7. The van der Waals surface area contributed by atoms with E-state index in [0.717, 1.165) is 6.07 Å². The van der Waals surface area contributed by atoms with Crippen molar-refractivity contribution in [3.8, 4) is 17.7 Å². The Labute approximate surface area is 491 Å². The molecular weight excluding hydrogens is 1220 g/mol. The zero-order valence-corrected chi connectivity index (χ0v) is 50.3. The second-order valence-corrected chi connectivity index (χ2v) is 27.4. The van der Waals surface area contributed by atoms with Crippen molar-refractivity contribution in [1.29, 1.82) is 5.26 Å². The first-order valence-electron chi connectivity index (χ1n) is 24.6. The minimum Gasteiger partial charge on any atom is -0.493 e. The summed E-state index contributed by atoms with van der Waals surface area (Å²) in [5.41, 5.74) is 4.73. The van der Waals surface area contributed by atoms with Gasteiger partial charge >= 0.3 is 0 Å². The number of halogens is 1. The summed E-state index contributed by atoms with van der Waals surface area (Å²) in [6.45, 7) is 8.19. The van der Waals surface area contributed by atoms with Gasteiger partial charge in [-0.3, -0.25) is 22.6 Å². The highest BCUT2D eigenvalue weighted by Crippen LogP contribution is 2.44. The third-order valence-corrected chi connectivity index (χ3v) is 17.8. The van der Waals surface area contributed by atoms with Gasteiger partial charge in [-0.2, -0.15) is 59.4 Å². The van der Waals surface area contributed by atoms with Gasteiger partial charge in [-0.15, -0.1) is 44.0 Å². The van der Waals surface area contributed by atoms with Crippen LogP contribution in [0.5, 0.6) is 11.6 Å². The number of nitrogens with zero attached hydrogens (tertiary/aromatic N) is 11. The standard InChI is InChI=1S/C51H52ClN11O14S6/c1-29-21-41(59-62-48-33(5)37(28-53)50-54-44-24-36(83(74,75)76)20-32(4)49(44)63(50)51(48)64)45(77-14-6-7-17-80(65,66)67)25-38(29)57-60-42-23-31(3)40(27-47(42)79-16-9-19-82(71,72)73)58-61-43-22-30(2)39(56-55-35-12-10-34(52)11-13-35)26-46(43)78-15-8-18-81(68,69)70/h10-13,20-27,64H,6-9,14-19H2,1-5H3,(H,65,66,67)(H,68,69,70)(H,71,72,73)(H,74,75,76). The maximum absolute atomic E-state index is 12.0. The number of hydrogen-bond acceptors (Lipinski definition) is 22. The molecule has 5 aromatic carbocycles. The van der Waals surface area contributed by atoms with Crippen molar-refractivity contribution in [2.45, 2.75) is 75.0 Å². The molecule has 0 saturated heterocycles. The average molecular weight is 1270 g/mol. The molecule has 0 amide bonds. The smallest absolute Gasteiger partial charge is 0.294 e. The molecule has 0 aliphatic carbocycles. The first kappa shape index (κ1) is 63.7. The van der Waals surface area contributed by atoms with Crippen LogP contribution < -0.4 is 4.74 Å². The van der Waals surface area contributed by atoms with Gasteiger partial charge in [0.25, 0.3) is 40.5 Å². The lowest BCUT2D eigenvalue weighted by Gasteiger charge is -2.12. The Hall–Kier alpha value is -6.83. The number of hydrogen-bond donors (Lipinski definition) is 5. The van der Waals surface area contributed by atoms with E-state index in [1.807, 2.05) is 0 Å². The van der Waals surface area contributed by atoms with Gasteiger partial charge in [0.05, 0.1) is 73.9 Å². The van der Waals surface area contributed by atoms with Crippen molar-refractivity contribution >= 4 is 138 Å². The molecule has 438 valence electrons. The van der Waals surface area contributed by atoms with Crippen molar-refractivity contribution in [3.63, 3.8) is 0 Å². The molecule has 0 spiro atoms. The molecule has 83 heavy (non-hydrogen) atoms. The summed E-state index contributed by atoms with van der Waals surface area (Å²) in [6, 6.07) is 21.0. The van der Waals surface area contributed by atoms with Gasteiger partial charge in [-0.1, -0.05) is 11.6 Å². The van der Waals surface area contributed by atoms with Crippen LogP contribution in [0.2, 0.25) is 5.02 Å². The van der Waals surface area contributed by atoms with Gasteiger partial charge in [0.1, 0.15) is 23.1 Å². The van der Waals surface area contributed by atoms with Crippen molar-refractivity contribution in [1.82, 2.24) is 9.38 Å². The van der Waals surface area contributed by atoms with Crippen molar-refractivity contribution < 1.29 is 61.7 Å². The molecule has 25 nitrogen and oxygen atoms in total. The molecule has 5 N–H and O–H groups in total. The molecule has 7 aromatic rings. The molecule has 0 aliphatic rings. The lowest BCUT2D eigenvalue weighted by molar-refractivity contribution is 0.310. The number of imidazole rings is 1. The third-order valence-electron chi connectivity index (χ3n) is 12.1. The summed E-state index contributed by atoms with van der Waals surface area (Å²) in [6.07, 6.45) is 0.380. The quantitative estimate of drug-likeness (QED) is 0.0154. The molecule has 7 rings (SSSR count). The van der Waals surface area contributed by atoms with Gasteiger partial charge in [-0.25, -0.2) is 4.98 Å². The molecule has 0 bridgehead atoms. The molecule has 32 heteroatoms. The monoisotopic (exact) mass is 1270 g/mol. The molecule has 0 saturated carbocycles. The van der Waals surface area contributed by atoms with E-state index in [1.165, 1.54) is 53.9 Å². The number of azo groups is 4. The van der Waals surface area contributed by atoms with E-state index in [0.29, 0.717) is 59.9 Å². The van der Waals surface area contributed by atoms with Gasteiger partial charge in [0.15, 0.2) is 11.3 Å². The van der Waals surface area contributed by atoms with E-state index in [1.54, 1.807) is 75.4 Å². The summed E-state index contributed by atoms with van der Waals surface area (Å²) >= 11 is 8.51. The number of unbranched alkanes of at least 4 members (excludes halogenated alkanes) is 1. The van der Waals surface area contributed by atoms with Crippen LogP contribution in [0.3, 0.4) is 0 Å². The van der Waals surface area contributed by atoms with E-state index in [-0.39, 0.29) is 100.0 Å². The Balaban J connectivity index is 1.26. The highest BCUT2D eigenvalue weighted by atomic mass is 35.5. The van der Waals surface area contributed by atoms with E-state index in [4.69, 9.17) is 16.3 Å². The van der Waals surface area contributed by atoms with Crippen molar-refractivity contribution in [2.75, 3.05) is 35.4 Å².